The molecule has 0 bridgehead atoms. The average Bonchev–Trinajstić information content (AvgIpc) is 2.54. The smallest absolute Gasteiger partial charge is 0.234 e. The van der Waals surface area contributed by atoms with Crippen LogP contribution in [0.3, 0.4) is 0 Å². The normalized spacial score (nSPS) is 25.8. The number of hydrogen-bond acceptors (Lipinski definition) is 5. The van der Waals surface area contributed by atoms with Gasteiger partial charge in [-0.2, -0.15) is 0 Å². The molecule has 1 heterocycles. The lowest BCUT2D eigenvalue weighted by Crippen LogP contribution is -2.41. The van der Waals surface area contributed by atoms with E-state index in [1.807, 2.05) is 11.9 Å². The third-order valence-corrected chi connectivity index (χ3v) is 4.74. The van der Waals surface area contributed by atoms with Crippen LogP contribution >= 0.6 is 0 Å². The summed E-state index contributed by atoms with van der Waals surface area (Å²) in [6.45, 7) is 0.588. The highest BCUT2D eigenvalue weighted by Crippen LogP contribution is 2.16. The van der Waals surface area contributed by atoms with Crippen LogP contribution in [0.4, 0.5) is 0 Å². The average molecular weight is 249 g/mol. The van der Waals surface area contributed by atoms with E-state index in [2.05, 4.69) is 0 Å². The monoisotopic (exact) mass is 249 g/mol. The number of carbonyl (C=O) groups is 1. The number of nitrogens with zero attached hydrogens (tertiary/aromatic N) is 1. The number of nitrogens with two attached hydrogens (primary N) is 2. The molecule has 0 aromatic heterocycles. The first-order valence-electron chi connectivity index (χ1n) is 5.27. The van der Waals surface area contributed by atoms with Gasteiger partial charge in [0.05, 0.1) is 17.5 Å². The molecule has 1 amide bonds. The molecule has 16 heavy (non-hydrogen) atoms. The second-order valence-electron chi connectivity index (χ2n) is 4.34. The molecule has 1 aliphatic rings. The Labute approximate surface area is 95.9 Å². The zero-order valence-corrected chi connectivity index (χ0v) is 10.2. The second-order valence-corrected chi connectivity index (χ2v) is 6.56. The summed E-state index contributed by atoms with van der Waals surface area (Å²) in [5.74, 6) is -0.0634. The van der Waals surface area contributed by atoms with Crippen molar-refractivity contribution in [2.75, 3.05) is 25.1 Å². The lowest BCUT2D eigenvalue weighted by atomic mass is 10.1. The minimum atomic E-state index is -2.86. The van der Waals surface area contributed by atoms with Crippen molar-refractivity contribution in [2.45, 2.75) is 24.9 Å². The van der Waals surface area contributed by atoms with Crippen molar-refractivity contribution in [3.63, 3.8) is 0 Å². The van der Waals surface area contributed by atoms with E-state index in [4.69, 9.17) is 11.5 Å². The maximum absolute atomic E-state index is 11.3. The second kappa shape index (κ2) is 5.11. The van der Waals surface area contributed by atoms with Crippen molar-refractivity contribution in [3.05, 3.63) is 0 Å². The standard InChI is InChI=1S/C9H19N3O3S/c1-12(4-2-8(10)9(11)13)7-3-5-16(14,15)6-7/h7-8H,2-6,10H2,1H3,(H2,11,13). The molecule has 0 radical (unpaired) electrons. The van der Waals surface area contributed by atoms with Gasteiger partial charge < -0.3 is 16.4 Å². The molecule has 2 atom stereocenters. The molecule has 7 heteroatoms. The maximum Gasteiger partial charge on any atom is 0.234 e. The van der Waals surface area contributed by atoms with E-state index < -0.39 is 21.8 Å². The van der Waals surface area contributed by atoms with Gasteiger partial charge in [0.15, 0.2) is 9.84 Å². The van der Waals surface area contributed by atoms with Crippen LogP contribution < -0.4 is 11.5 Å². The van der Waals surface area contributed by atoms with Crippen LogP contribution in [0.15, 0.2) is 0 Å². The highest BCUT2D eigenvalue weighted by atomic mass is 32.2. The van der Waals surface area contributed by atoms with Crippen molar-refractivity contribution in [3.8, 4) is 0 Å². The number of sulfone groups is 1. The van der Waals surface area contributed by atoms with Gasteiger partial charge in [-0.3, -0.25) is 4.79 Å². The number of amides is 1. The molecule has 4 N–H and O–H groups in total. The first kappa shape index (κ1) is 13.4. The number of carbonyl (C=O) groups excluding carboxylic acids is 1. The summed E-state index contributed by atoms with van der Waals surface area (Å²) in [5.41, 5.74) is 10.5. The largest absolute Gasteiger partial charge is 0.368 e. The highest BCUT2D eigenvalue weighted by Gasteiger charge is 2.30. The Morgan fingerprint density at radius 3 is 2.62 bits per heavy atom. The van der Waals surface area contributed by atoms with Gasteiger partial charge in [-0.25, -0.2) is 8.42 Å². The van der Waals surface area contributed by atoms with Crippen LogP contribution in [0.2, 0.25) is 0 Å². The van der Waals surface area contributed by atoms with E-state index in [1.165, 1.54) is 0 Å². The zero-order valence-electron chi connectivity index (χ0n) is 9.43. The predicted octanol–water partition coefficient (Wildman–Crippen LogP) is -1.69. The van der Waals surface area contributed by atoms with Gasteiger partial charge in [0.2, 0.25) is 5.91 Å². The van der Waals surface area contributed by atoms with Crippen molar-refractivity contribution in [1.82, 2.24) is 4.90 Å². The maximum atomic E-state index is 11.3. The molecule has 1 aliphatic heterocycles. The molecule has 0 spiro atoms. The summed E-state index contributed by atoms with van der Waals surface area (Å²) in [5, 5.41) is 0. The molecule has 0 aromatic rings. The molecule has 0 saturated carbocycles. The molecule has 6 nitrogen and oxygen atoms in total. The van der Waals surface area contributed by atoms with E-state index in [-0.39, 0.29) is 17.5 Å². The number of rotatable bonds is 5. The van der Waals surface area contributed by atoms with Gasteiger partial charge >= 0.3 is 0 Å². The van der Waals surface area contributed by atoms with Gasteiger partial charge in [-0.05, 0) is 19.9 Å². The summed E-state index contributed by atoms with van der Waals surface area (Å²) in [6, 6.07) is -0.606. The Morgan fingerprint density at radius 1 is 1.56 bits per heavy atom. The third-order valence-electron chi connectivity index (χ3n) is 2.99. The lowest BCUT2D eigenvalue weighted by Gasteiger charge is -2.23. The third kappa shape index (κ3) is 3.73. The SMILES string of the molecule is CN(CCC(N)C(N)=O)C1CCS(=O)(=O)C1. The minimum Gasteiger partial charge on any atom is -0.368 e. The topological polar surface area (TPSA) is 106 Å². The van der Waals surface area contributed by atoms with E-state index in [1.54, 1.807) is 0 Å². The van der Waals surface area contributed by atoms with Crippen molar-refractivity contribution in [1.29, 1.82) is 0 Å². The molecule has 1 rings (SSSR count). The lowest BCUT2D eigenvalue weighted by molar-refractivity contribution is -0.119. The van der Waals surface area contributed by atoms with Gasteiger partial charge in [-0.15, -0.1) is 0 Å². The summed E-state index contributed by atoms with van der Waals surface area (Å²) in [6.07, 6.45) is 1.12. The Bertz CT molecular complexity index is 355. The number of primary amides is 1. The molecule has 1 saturated heterocycles. The quantitative estimate of drug-likeness (QED) is 0.604. The van der Waals surface area contributed by atoms with Gasteiger partial charge in [-0.1, -0.05) is 0 Å². The first-order chi connectivity index (χ1) is 7.32. The van der Waals surface area contributed by atoms with Gasteiger partial charge in [0, 0.05) is 12.6 Å². The van der Waals surface area contributed by atoms with Crippen LogP contribution in [-0.2, 0) is 14.6 Å². The van der Waals surface area contributed by atoms with Crippen molar-refractivity contribution >= 4 is 15.7 Å². The highest BCUT2D eigenvalue weighted by molar-refractivity contribution is 7.91. The summed E-state index contributed by atoms with van der Waals surface area (Å²) < 4.78 is 22.5. The molecular formula is C9H19N3O3S. The van der Waals surface area contributed by atoms with Gasteiger partial charge in [0.1, 0.15) is 0 Å². The van der Waals surface area contributed by atoms with E-state index in [0.29, 0.717) is 19.4 Å². The molecular weight excluding hydrogens is 230 g/mol. The first-order valence-corrected chi connectivity index (χ1v) is 7.09. The van der Waals surface area contributed by atoms with E-state index in [0.717, 1.165) is 0 Å². The Morgan fingerprint density at radius 2 is 2.19 bits per heavy atom. The fourth-order valence-corrected chi connectivity index (χ4v) is 3.60. The molecule has 0 aliphatic carbocycles. The molecule has 0 aromatic carbocycles. The van der Waals surface area contributed by atoms with Crippen molar-refractivity contribution < 1.29 is 13.2 Å². The fraction of sp³-hybridized carbons (Fsp3) is 0.889. The number of hydrogen-bond donors (Lipinski definition) is 2. The van der Waals surface area contributed by atoms with Crippen molar-refractivity contribution in [2.24, 2.45) is 11.5 Å². The predicted molar refractivity (Wildman–Crippen MR) is 61.5 cm³/mol. The Hall–Kier alpha value is -0.660. The van der Waals surface area contributed by atoms with Gasteiger partial charge in [0.25, 0.3) is 0 Å². The fourth-order valence-electron chi connectivity index (χ4n) is 1.79. The van der Waals surface area contributed by atoms with Crippen LogP contribution in [0.5, 0.6) is 0 Å². The molecule has 2 unspecified atom stereocenters. The minimum absolute atomic E-state index is 0.0464. The van der Waals surface area contributed by atoms with Crippen LogP contribution in [0.1, 0.15) is 12.8 Å². The molecule has 1 fully saturated rings. The Balaban J connectivity index is 2.37. The Kier molecular flexibility index (Phi) is 4.28. The van der Waals surface area contributed by atoms with E-state index >= 15 is 0 Å². The summed E-state index contributed by atoms with van der Waals surface area (Å²) >= 11 is 0. The van der Waals surface area contributed by atoms with Crippen LogP contribution in [0, 0.1) is 0 Å². The summed E-state index contributed by atoms with van der Waals surface area (Å²) in [4.78, 5) is 12.7. The summed E-state index contributed by atoms with van der Waals surface area (Å²) in [7, 11) is -1.01. The van der Waals surface area contributed by atoms with E-state index in [9.17, 15) is 13.2 Å². The molecule has 94 valence electrons. The van der Waals surface area contributed by atoms with Crippen LogP contribution in [0.25, 0.3) is 0 Å². The van der Waals surface area contributed by atoms with Crippen LogP contribution in [-0.4, -0.2) is 56.4 Å². The zero-order chi connectivity index (χ0) is 12.3.